The van der Waals surface area contributed by atoms with Gasteiger partial charge < -0.3 is 10.0 Å². The summed E-state index contributed by atoms with van der Waals surface area (Å²) in [6.07, 6.45) is 3.73. The molecule has 1 aromatic rings. The van der Waals surface area contributed by atoms with E-state index in [2.05, 4.69) is 0 Å². The van der Waals surface area contributed by atoms with Gasteiger partial charge in [0.1, 0.15) is 6.04 Å². The maximum Gasteiger partial charge on any atom is 0.325 e. The number of aryl methyl sites for hydroxylation is 1. The second-order valence-corrected chi connectivity index (χ2v) is 7.37. The largest absolute Gasteiger partial charge is 0.480 e. The molecule has 5 nitrogen and oxygen atoms in total. The predicted molar refractivity (Wildman–Crippen MR) is 96.4 cm³/mol. The predicted octanol–water partition coefficient (Wildman–Crippen LogP) is 2.76. The van der Waals surface area contributed by atoms with E-state index < -0.39 is 12.0 Å². The van der Waals surface area contributed by atoms with E-state index in [-0.39, 0.29) is 11.8 Å². The number of carbonyl (C=O) groups excluding carboxylic acids is 1. The van der Waals surface area contributed by atoms with Crippen molar-refractivity contribution in [2.75, 3.05) is 26.2 Å². The molecule has 1 amide bonds. The number of carboxylic acids is 1. The van der Waals surface area contributed by atoms with Crippen LogP contribution >= 0.6 is 0 Å². The molecule has 0 spiro atoms. The number of piperidine rings is 1. The summed E-state index contributed by atoms with van der Waals surface area (Å²) < 4.78 is 0. The number of carboxylic acid groups (broad SMARTS) is 1. The van der Waals surface area contributed by atoms with Crippen molar-refractivity contribution in [2.24, 2.45) is 5.92 Å². The lowest BCUT2D eigenvalue weighted by Crippen LogP contribution is -2.44. The van der Waals surface area contributed by atoms with Crippen molar-refractivity contribution in [3.8, 4) is 0 Å². The molecule has 0 unspecified atom stereocenters. The Kier molecular flexibility index (Phi) is 5.42. The molecule has 136 valence electrons. The quantitative estimate of drug-likeness (QED) is 0.912. The summed E-state index contributed by atoms with van der Waals surface area (Å²) in [5, 5.41) is 9.83. The molecule has 2 heterocycles. The number of carbonyl (C=O) groups is 2. The number of rotatable bonds is 4. The fourth-order valence-corrected chi connectivity index (χ4v) is 4.16. The van der Waals surface area contributed by atoms with Crippen LogP contribution in [0.15, 0.2) is 18.2 Å². The molecule has 2 aliphatic heterocycles. The van der Waals surface area contributed by atoms with Gasteiger partial charge in [-0.15, -0.1) is 0 Å². The summed E-state index contributed by atoms with van der Waals surface area (Å²) in [5.41, 5.74) is 3.03. The van der Waals surface area contributed by atoms with Gasteiger partial charge in [0.15, 0.2) is 0 Å². The molecule has 2 aliphatic rings. The number of hydrogen-bond donors (Lipinski definition) is 1. The minimum Gasteiger partial charge on any atom is -0.480 e. The van der Waals surface area contributed by atoms with Gasteiger partial charge in [0, 0.05) is 32.1 Å². The van der Waals surface area contributed by atoms with Crippen LogP contribution in [0.2, 0.25) is 0 Å². The Morgan fingerprint density at radius 2 is 1.72 bits per heavy atom. The Morgan fingerprint density at radius 1 is 1.08 bits per heavy atom. The van der Waals surface area contributed by atoms with Crippen LogP contribution in [0, 0.1) is 19.8 Å². The molecule has 0 saturated carbocycles. The fourth-order valence-electron chi connectivity index (χ4n) is 4.16. The second-order valence-electron chi connectivity index (χ2n) is 7.37. The third kappa shape index (κ3) is 3.71. The van der Waals surface area contributed by atoms with Gasteiger partial charge in [0.2, 0.25) is 5.91 Å². The summed E-state index contributed by atoms with van der Waals surface area (Å²) >= 11 is 0. The lowest BCUT2D eigenvalue weighted by Gasteiger charge is -2.37. The molecule has 5 heteroatoms. The standard InChI is InChI=1S/C20H28N2O3/c1-14-6-5-7-17(15(14)2)18(20(24)25)21-12-8-16(9-13-21)19(23)22-10-3-4-11-22/h5-7,16,18H,3-4,8-13H2,1-2H3,(H,24,25)/t18-/m0/s1. The fraction of sp³-hybridized carbons (Fsp3) is 0.600. The average Bonchev–Trinajstić information content (AvgIpc) is 3.13. The van der Waals surface area contributed by atoms with Crippen molar-refractivity contribution < 1.29 is 14.7 Å². The number of aliphatic carboxylic acids is 1. The third-order valence-corrected chi connectivity index (χ3v) is 5.84. The average molecular weight is 344 g/mol. The summed E-state index contributed by atoms with van der Waals surface area (Å²) in [5.74, 6) is -0.476. The molecule has 1 aromatic carbocycles. The van der Waals surface area contributed by atoms with Crippen molar-refractivity contribution in [1.29, 1.82) is 0 Å². The summed E-state index contributed by atoms with van der Waals surface area (Å²) in [4.78, 5) is 28.6. The highest BCUT2D eigenvalue weighted by Crippen LogP contribution is 2.31. The first-order chi connectivity index (χ1) is 12.0. The highest BCUT2D eigenvalue weighted by Gasteiger charge is 2.35. The third-order valence-electron chi connectivity index (χ3n) is 5.84. The van der Waals surface area contributed by atoms with E-state index in [0.29, 0.717) is 13.1 Å². The van der Waals surface area contributed by atoms with E-state index in [9.17, 15) is 14.7 Å². The summed E-state index contributed by atoms with van der Waals surface area (Å²) in [6.45, 7) is 7.10. The van der Waals surface area contributed by atoms with E-state index in [1.54, 1.807) is 0 Å². The molecule has 0 radical (unpaired) electrons. The number of benzene rings is 1. The van der Waals surface area contributed by atoms with Crippen LogP contribution in [-0.4, -0.2) is 53.0 Å². The van der Waals surface area contributed by atoms with Gasteiger partial charge in [-0.1, -0.05) is 18.2 Å². The lowest BCUT2D eigenvalue weighted by atomic mass is 9.91. The molecule has 0 aromatic heterocycles. The Labute approximate surface area is 149 Å². The van der Waals surface area contributed by atoms with E-state index in [4.69, 9.17) is 0 Å². The molecule has 1 N–H and O–H groups in total. The zero-order chi connectivity index (χ0) is 18.0. The number of nitrogens with zero attached hydrogens (tertiary/aromatic N) is 2. The van der Waals surface area contributed by atoms with Crippen molar-refractivity contribution in [2.45, 2.75) is 45.6 Å². The molecule has 2 fully saturated rings. The Hall–Kier alpha value is -1.88. The van der Waals surface area contributed by atoms with Gasteiger partial charge in [-0.2, -0.15) is 0 Å². The molecule has 25 heavy (non-hydrogen) atoms. The van der Waals surface area contributed by atoms with Gasteiger partial charge in [-0.3, -0.25) is 14.5 Å². The first kappa shape index (κ1) is 17.9. The molecule has 0 bridgehead atoms. The number of amides is 1. The van der Waals surface area contributed by atoms with Crippen molar-refractivity contribution in [3.63, 3.8) is 0 Å². The Bertz CT molecular complexity index is 644. The van der Waals surface area contributed by atoms with Crippen LogP contribution in [0.1, 0.15) is 48.4 Å². The first-order valence-corrected chi connectivity index (χ1v) is 9.31. The molecular formula is C20H28N2O3. The van der Waals surface area contributed by atoms with Gasteiger partial charge in [-0.05, 0) is 56.2 Å². The van der Waals surface area contributed by atoms with E-state index in [0.717, 1.165) is 55.5 Å². The molecule has 0 aliphatic carbocycles. The molecule has 2 saturated heterocycles. The maximum atomic E-state index is 12.6. The summed E-state index contributed by atoms with van der Waals surface area (Å²) in [7, 11) is 0. The zero-order valence-electron chi connectivity index (χ0n) is 15.2. The zero-order valence-corrected chi connectivity index (χ0v) is 15.2. The highest BCUT2D eigenvalue weighted by atomic mass is 16.4. The normalized spacial score (nSPS) is 20.6. The van der Waals surface area contributed by atoms with Gasteiger partial charge in [0.05, 0.1) is 0 Å². The monoisotopic (exact) mass is 344 g/mol. The van der Waals surface area contributed by atoms with Crippen molar-refractivity contribution >= 4 is 11.9 Å². The van der Waals surface area contributed by atoms with Crippen molar-refractivity contribution in [1.82, 2.24) is 9.80 Å². The molecule has 3 rings (SSSR count). The van der Waals surface area contributed by atoms with E-state index in [1.165, 1.54) is 0 Å². The molecular weight excluding hydrogens is 316 g/mol. The van der Waals surface area contributed by atoms with Crippen LogP contribution in [0.3, 0.4) is 0 Å². The van der Waals surface area contributed by atoms with Gasteiger partial charge >= 0.3 is 5.97 Å². The highest BCUT2D eigenvalue weighted by molar-refractivity contribution is 5.79. The SMILES string of the molecule is Cc1cccc([C@@H](C(=O)O)N2CCC(C(=O)N3CCCC3)CC2)c1C. The van der Waals surface area contributed by atoms with Crippen LogP contribution in [0.5, 0.6) is 0 Å². The van der Waals surface area contributed by atoms with E-state index in [1.807, 2.05) is 41.8 Å². The van der Waals surface area contributed by atoms with Crippen molar-refractivity contribution in [3.05, 3.63) is 34.9 Å². The lowest BCUT2D eigenvalue weighted by molar-refractivity contribution is -0.145. The van der Waals surface area contributed by atoms with Gasteiger partial charge in [0.25, 0.3) is 0 Å². The summed E-state index contributed by atoms with van der Waals surface area (Å²) in [6, 6.07) is 5.24. The second kappa shape index (κ2) is 7.56. The number of likely N-dealkylation sites (tertiary alicyclic amines) is 2. The minimum absolute atomic E-state index is 0.0578. The topological polar surface area (TPSA) is 60.9 Å². The Morgan fingerprint density at radius 3 is 2.32 bits per heavy atom. The number of hydrogen-bond acceptors (Lipinski definition) is 3. The first-order valence-electron chi connectivity index (χ1n) is 9.31. The van der Waals surface area contributed by atoms with Crippen LogP contribution < -0.4 is 0 Å². The van der Waals surface area contributed by atoms with Crippen LogP contribution in [-0.2, 0) is 9.59 Å². The van der Waals surface area contributed by atoms with Crippen LogP contribution in [0.25, 0.3) is 0 Å². The maximum absolute atomic E-state index is 12.6. The van der Waals surface area contributed by atoms with E-state index >= 15 is 0 Å². The smallest absolute Gasteiger partial charge is 0.325 e. The molecule has 1 atom stereocenters. The minimum atomic E-state index is -0.807. The van der Waals surface area contributed by atoms with Crippen LogP contribution in [0.4, 0.5) is 0 Å². The van der Waals surface area contributed by atoms with Gasteiger partial charge in [-0.25, -0.2) is 0 Å². The Balaban J connectivity index is 1.70.